The van der Waals surface area contributed by atoms with Crippen molar-refractivity contribution in [3.63, 3.8) is 0 Å². The number of para-hydroxylation sites is 1. The molecular weight excluding hydrogens is 320 g/mol. The smallest absolute Gasteiger partial charge is 0.325 e. The molecule has 1 aromatic carbocycles. The molecule has 0 aliphatic carbocycles. The maximum Gasteiger partial charge on any atom is 0.325 e. The molecule has 1 amide bonds. The second-order valence-electron chi connectivity index (χ2n) is 5.00. The summed E-state index contributed by atoms with van der Waals surface area (Å²) in [6, 6.07) is 6.08. The van der Waals surface area contributed by atoms with E-state index in [2.05, 4.69) is 15.4 Å². The van der Waals surface area contributed by atoms with Crippen LogP contribution in [0.4, 0.5) is 0 Å². The summed E-state index contributed by atoms with van der Waals surface area (Å²) < 4.78 is 1.52. The van der Waals surface area contributed by atoms with E-state index < -0.39 is 17.9 Å². The molecule has 0 fully saturated rings. The maximum absolute atomic E-state index is 12.1. The zero-order valence-corrected chi connectivity index (χ0v) is 13.5. The van der Waals surface area contributed by atoms with Crippen LogP contribution in [-0.4, -0.2) is 37.8 Å². The number of aryl methyl sites for hydroxylation is 1. The average molecular weight is 337 g/mol. The van der Waals surface area contributed by atoms with Crippen LogP contribution in [-0.2, 0) is 11.2 Å². The lowest BCUT2D eigenvalue weighted by Gasteiger charge is -2.07. The van der Waals surface area contributed by atoms with Gasteiger partial charge in [0.05, 0.1) is 10.7 Å². The van der Waals surface area contributed by atoms with Gasteiger partial charge in [-0.15, -0.1) is 5.10 Å². The fourth-order valence-electron chi connectivity index (χ4n) is 1.97. The first-order valence-corrected chi connectivity index (χ1v) is 7.56. The largest absolute Gasteiger partial charge is 0.480 e. The Morgan fingerprint density at radius 3 is 2.70 bits per heavy atom. The van der Waals surface area contributed by atoms with E-state index in [-0.39, 0.29) is 5.82 Å². The van der Waals surface area contributed by atoms with E-state index in [1.165, 1.54) is 11.6 Å². The molecule has 0 saturated heterocycles. The van der Waals surface area contributed by atoms with E-state index >= 15 is 0 Å². The van der Waals surface area contributed by atoms with Crippen molar-refractivity contribution < 1.29 is 14.7 Å². The van der Waals surface area contributed by atoms with E-state index in [1.54, 1.807) is 18.2 Å². The molecule has 0 saturated carbocycles. The highest BCUT2D eigenvalue weighted by Crippen LogP contribution is 2.21. The lowest BCUT2D eigenvalue weighted by molar-refractivity contribution is -0.138. The number of benzene rings is 1. The third-order valence-corrected chi connectivity index (χ3v) is 3.47. The van der Waals surface area contributed by atoms with Crippen LogP contribution in [0, 0.1) is 0 Å². The zero-order valence-electron chi connectivity index (χ0n) is 12.8. The number of rotatable bonds is 6. The molecule has 0 radical (unpaired) electrons. The molecule has 0 aliphatic rings. The lowest BCUT2D eigenvalue weighted by Crippen LogP contribution is -2.38. The van der Waals surface area contributed by atoms with Gasteiger partial charge >= 0.3 is 5.97 Å². The number of amides is 1. The SMILES string of the molecule is CCCc1nc(C(=O)NC(C)C(=O)O)nn1-c1ccccc1Cl. The van der Waals surface area contributed by atoms with Crippen LogP contribution in [0.15, 0.2) is 24.3 Å². The van der Waals surface area contributed by atoms with Crippen molar-refractivity contribution in [2.45, 2.75) is 32.7 Å². The van der Waals surface area contributed by atoms with Gasteiger partial charge in [-0.1, -0.05) is 30.7 Å². The van der Waals surface area contributed by atoms with E-state index in [1.807, 2.05) is 13.0 Å². The molecule has 2 rings (SSSR count). The van der Waals surface area contributed by atoms with Gasteiger partial charge in [0.15, 0.2) is 0 Å². The number of carbonyl (C=O) groups is 2. The predicted octanol–water partition coefficient (Wildman–Crippen LogP) is 2.08. The van der Waals surface area contributed by atoms with Crippen molar-refractivity contribution in [1.82, 2.24) is 20.1 Å². The van der Waals surface area contributed by atoms with Crippen LogP contribution < -0.4 is 5.32 Å². The summed E-state index contributed by atoms with van der Waals surface area (Å²) in [7, 11) is 0. The summed E-state index contributed by atoms with van der Waals surface area (Å²) in [4.78, 5) is 27.1. The number of carbonyl (C=O) groups excluding carboxylic acids is 1. The van der Waals surface area contributed by atoms with Gasteiger partial charge in [0.1, 0.15) is 11.9 Å². The second-order valence-corrected chi connectivity index (χ2v) is 5.41. The monoisotopic (exact) mass is 336 g/mol. The number of halogens is 1. The molecule has 0 bridgehead atoms. The quantitative estimate of drug-likeness (QED) is 0.841. The van der Waals surface area contributed by atoms with Crippen LogP contribution in [0.2, 0.25) is 5.02 Å². The fraction of sp³-hybridized carbons (Fsp3) is 0.333. The number of nitrogens with one attached hydrogen (secondary N) is 1. The molecule has 8 heteroatoms. The lowest BCUT2D eigenvalue weighted by atomic mass is 10.3. The summed E-state index contributed by atoms with van der Waals surface area (Å²) in [6.07, 6.45) is 1.43. The van der Waals surface area contributed by atoms with E-state index in [0.29, 0.717) is 23.0 Å². The number of aromatic nitrogens is 3. The first-order valence-electron chi connectivity index (χ1n) is 7.18. The van der Waals surface area contributed by atoms with Crippen molar-refractivity contribution in [1.29, 1.82) is 0 Å². The molecule has 2 N–H and O–H groups in total. The molecule has 2 aromatic rings. The van der Waals surface area contributed by atoms with Crippen LogP contribution in [0.1, 0.15) is 36.7 Å². The Hall–Kier alpha value is -2.41. The Bertz CT molecular complexity index is 729. The molecule has 1 aromatic heterocycles. The number of carboxylic acid groups (broad SMARTS) is 1. The van der Waals surface area contributed by atoms with Crippen molar-refractivity contribution in [3.8, 4) is 5.69 Å². The van der Waals surface area contributed by atoms with Crippen molar-refractivity contribution in [3.05, 3.63) is 40.9 Å². The van der Waals surface area contributed by atoms with Crippen molar-refractivity contribution in [2.24, 2.45) is 0 Å². The number of hydrogen-bond donors (Lipinski definition) is 2. The normalized spacial score (nSPS) is 12.0. The summed E-state index contributed by atoms with van der Waals surface area (Å²) in [5.41, 5.74) is 0.621. The minimum absolute atomic E-state index is 0.0820. The predicted molar refractivity (Wildman–Crippen MR) is 84.9 cm³/mol. The Balaban J connectivity index is 2.37. The highest BCUT2D eigenvalue weighted by molar-refractivity contribution is 6.32. The van der Waals surface area contributed by atoms with Gasteiger partial charge < -0.3 is 10.4 Å². The Labute approximate surface area is 138 Å². The molecule has 1 atom stereocenters. The topological polar surface area (TPSA) is 97.1 Å². The molecule has 7 nitrogen and oxygen atoms in total. The number of carboxylic acids is 1. The van der Waals surface area contributed by atoms with Crippen LogP contribution in [0.25, 0.3) is 5.69 Å². The second kappa shape index (κ2) is 7.23. The molecule has 0 spiro atoms. The van der Waals surface area contributed by atoms with Crippen LogP contribution in [0.5, 0.6) is 0 Å². The fourth-order valence-corrected chi connectivity index (χ4v) is 2.18. The van der Waals surface area contributed by atoms with E-state index in [9.17, 15) is 9.59 Å². The first-order chi connectivity index (χ1) is 10.9. The number of aliphatic carboxylic acids is 1. The third kappa shape index (κ3) is 3.87. The summed E-state index contributed by atoms with van der Waals surface area (Å²) in [5, 5.41) is 15.9. The Morgan fingerprint density at radius 2 is 2.09 bits per heavy atom. The summed E-state index contributed by atoms with van der Waals surface area (Å²) in [6.45, 7) is 3.36. The molecule has 1 unspecified atom stereocenters. The number of hydrogen-bond acceptors (Lipinski definition) is 4. The van der Waals surface area contributed by atoms with Gasteiger partial charge in [-0.05, 0) is 25.5 Å². The van der Waals surface area contributed by atoms with E-state index in [4.69, 9.17) is 16.7 Å². The minimum atomic E-state index is -1.13. The van der Waals surface area contributed by atoms with Gasteiger partial charge in [0.2, 0.25) is 5.82 Å². The molecule has 23 heavy (non-hydrogen) atoms. The average Bonchev–Trinajstić information content (AvgIpc) is 2.92. The standard InChI is InChI=1S/C15H17ClN4O3/c1-3-6-12-18-13(14(21)17-9(2)15(22)23)19-20(12)11-8-5-4-7-10(11)16/h4-5,7-9H,3,6H2,1-2H3,(H,17,21)(H,22,23). The zero-order chi connectivity index (χ0) is 17.0. The van der Waals surface area contributed by atoms with Crippen LogP contribution >= 0.6 is 11.6 Å². The third-order valence-electron chi connectivity index (χ3n) is 3.15. The Morgan fingerprint density at radius 1 is 1.39 bits per heavy atom. The molecule has 0 aliphatic heterocycles. The van der Waals surface area contributed by atoms with Gasteiger partial charge in [0, 0.05) is 6.42 Å². The van der Waals surface area contributed by atoms with Gasteiger partial charge in [-0.25, -0.2) is 9.67 Å². The highest BCUT2D eigenvalue weighted by atomic mass is 35.5. The van der Waals surface area contributed by atoms with Crippen molar-refractivity contribution >= 4 is 23.5 Å². The van der Waals surface area contributed by atoms with Gasteiger partial charge in [0.25, 0.3) is 5.91 Å². The number of nitrogens with zero attached hydrogens (tertiary/aromatic N) is 3. The highest BCUT2D eigenvalue weighted by Gasteiger charge is 2.21. The minimum Gasteiger partial charge on any atom is -0.480 e. The molecular formula is C15H17ClN4O3. The molecule has 1 heterocycles. The first kappa shape index (κ1) is 17.0. The summed E-state index contributed by atoms with van der Waals surface area (Å²) in [5.74, 6) is -1.25. The summed E-state index contributed by atoms with van der Waals surface area (Å²) >= 11 is 6.18. The van der Waals surface area contributed by atoms with Gasteiger partial charge in [-0.3, -0.25) is 9.59 Å². The Kier molecular flexibility index (Phi) is 5.33. The van der Waals surface area contributed by atoms with Gasteiger partial charge in [-0.2, -0.15) is 0 Å². The van der Waals surface area contributed by atoms with Crippen LogP contribution in [0.3, 0.4) is 0 Å². The molecule has 122 valence electrons. The van der Waals surface area contributed by atoms with E-state index in [0.717, 1.165) is 6.42 Å². The maximum atomic E-state index is 12.1. The van der Waals surface area contributed by atoms with Crippen molar-refractivity contribution in [2.75, 3.05) is 0 Å².